The standard InChI is InChI=1S/C14H7BrClFN2O/c15-9-1-4-13(8(5-9)7-18)19-14(20)11-3-2-10(17)6-12(11)16/h1-6H,(H,19,20). The van der Waals surface area contributed by atoms with Crippen LogP contribution in [0.5, 0.6) is 0 Å². The third-order valence-corrected chi connectivity index (χ3v) is 3.33. The molecule has 0 fully saturated rings. The molecule has 0 aromatic heterocycles. The van der Waals surface area contributed by atoms with E-state index < -0.39 is 11.7 Å². The van der Waals surface area contributed by atoms with E-state index in [1.54, 1.807) is 18.2 Å². The summed E-state index contributed by atoms with van der Waals surface area (Å²) in [6, 6.07) is 10.4. The Morgan fingerprint density at radius 1 is 1.30 bits per heavy atom. The van der Waals surface area contributed by atoms with Gasteiger partial charge in [-0.15, -0.1) is 0 Å². The van der Waals surface area contributed by atoms with Gasteiger partial charge in [0.2, 0.25) is 0 Å². The minimum atomic E-state index is -0.520. The van der Waals surface area contributed by atoms with E-state index in [1.807, 2.05) is 6.07 Å². The molecular formula is C14H7BrClFN2O. The summed E-state index contributed by atoms with van der Waals surface area (Å²) < 4.78 is 13.7. The van der Waals surface area contributed by atoms with Gasteiger partial charge in [-0.3, -0.25) is 4.79 Å². The molecule has 0 aliphatic rings. The Kier molecular flexibility index (Phi) is 4.38. The summed E-state index contributed by atoms with van der Waals surface area (Å²) in [6.45, 7) is 0. The molecule has 0 heterocycles. The fraction of sp³-hybridized carbons (Fsp3) is 0. The lowest BCUT2D eigenvalue weighted by Gasteiger charge is -2.08. The number of hydrogen-bond acceptors (Lipinski definition) is 2. The van der Waals surface area contributed by atoms with E-state index in [2.05, 4.69) is 21.2 Å². The largest absolute Gasteiger partial charge is 0.321 e. The van der Waals surface area contributed by atoms with Crippen LogP contribution in [0.25, 0.3) is 0 Å². The van der Waals surface area contributed by atoms with Gasteiger partial charge >= 0.3 is 0 Å². The lowest BCUT2D eigenvalue weighted by molar-refractivity contribution is 0.102. The third-order valence-electron chi connectivity index (χ3n) is 2.53. The summed E-state index contributed by atoms with van der Waals surface area (Å²) in [4.78, 5) is 12.1. The lowest BCUT2D eigenvalue weighted by atomic mass is 10.1. The number of benzene rings is 2. The lowest BCUT2D eigenvalue weighted by Crippen LogP contribution is -2.13. The molecule has 100 valence electrons. The first kappa shape index (κ1) is 14.5. The van der Waals surface area contributed by atoms with Crippen LogP contribution in [0.1, 0.15) is 15.9 Å². The Bertz CT molecular complexity index is 728. The molecule has 0 spiro atoms. The molecule has 0 radical (unpaired) electrons. The topological polar surface area (TPSA) is 52.9 Å². The van der Waals surface area contributed by atoms with Gasteiger partial charge < -0.3 is 5.32 Å². The molecule has 0 atom stereocenters. The molecule has 1 amide bonds. The molecule has 3 nitrogen and oxygen atoms in total. The summed E-state index contributed by atoms with van der Waals surface area (Å²) in [5.41, 5.74) is 0.812. The molecule has 2 aromatic carbocycles. The van der Waals surface area contributed by atoms with E-state index in [9.17, 15) is 9.18 Å². The molecule has 0 aliphatic heterocycles. The van der Waals surface area contributed by atoms with E-state index >= 15 is 0 Å². The second-order valence-electron chi connectivity index (χ2n) is 3.88. The van der Waals surface area contributed by atoms with Crippen molar-refractivity contribution in [2.75, 3.05) is 5.32 Å². The number of hydrogen-bond donors (Lipinski definition) is 1. The summed E-state index contributed by atoms with van der Waals surface area (Å²) in [6.07, 6.45) is 0. The molecule has 0 saturated heterocycles. The van der Waals surface area contributed by atoms with Gasteiger partial charge in [-0.05, 0) is 36.4 Å². The number of carbonyl (C=O) groups is 1. The SMILES string of the molecule is N#Cc1cc(Br)ccc1NC(=O)c1ccc(F)cc1Cl. The molecule has 2 rings (SSSR count). The first-order chi connectivity index (χ1) is 9.51. The van der Waals surface area contributed by atoms with Crippen molar-refractivity contribution in [2.24, 2.45) is 0 Å². The molecule has 0 saturated carbocycles. The first-order valence-electron chi connectivity index (χ1n) is 5.47. The van der Waals surface area contributed by atoms with E-state index in [0.717, 1.165) is 16.6 Å². The molecule has 2 aromatic rings. The maximum atomic E-state index is 12.9. The zero-order valence-corrected chi connectivity index (χ0v) is 12.3. The van der Waals surface area contributed by atoms with E-state index in [-0.39, 0.29) is 10.6 Å². The highest BCUT2D eigenvalue weighted by Crippen LogP contribution is 2.23. The van der Waals surface area contributed by atoms with Gasteiger partial charge in [-0.1, -0.05) is 27.5 Å². The zero-order valence-electron chi connectivity index (χ0n) is 9.95. The maximum absolute atomic E-state index is 12.9. The van der Waals surface area contributed by atoms with Crippen LogP contribution in [-0.4, -0.2) is 5.91 Å². The number of amides is 1. The Morgan fingerprint density at radius 3 is 2.70 bits per heavy atom. The van der Waals surface area contributed by atoms with Crippen LogP contribution in [0.3, 0.4) is 0 Å². The van der Waals surface area contributed by atoms with Crippen LogP contribution < -0.4 is 5.32 Å². The van der Waals surface area contributed by atoms with Crippen LogP contribution in [0.4, 0.5) is 10.1 Å². The van der Waals surface area contributed by atoms with E-state index in [1.165, 1.54) is 6.07 Å². The number of nitriles is 1. The Labute approximate surface area is 128 Å². The normalized spacial score (nSPS) is 9.90. The minimum Gasteiger partial charge on any atom is -0.321 e. The van der Waals surface area contributed by atoms with Gasteiger partial charge in [0.1, 0.15) is 11.9 Å². The molecule has 0 aliphatic carbocycles. The summed E-state index contributed by atoms with van der Waals surface area (Å²) in [5, 5.41) is 11.6. The van der Waals surface area contributed by atoms with Gasteiger partial charge in [0.15, 0.2) is 0 Å². The molecule has 1 N–H and O–H groups in total. The van der Waals surface area contributed by atoms with E-state index in [0.29, 0.717) is 11.3 Å². The number of rotatable bonds is 2. The van der Waals surface area contributed by atoms with Crippen molar-refractivity contribution in [3.8, 4) is 6.07 Å². The average molecular weight is 354 g/mol. The van der Waals surface area contributed by atoms with Gasteiger partial charge in [0.05, 0.1) is 21.8 Å². The summed E-state index contributed by atoms with van der Waals surface area (Å²) in [5.74, 6) is -1.03. The predicted molar refractivity (Wildman–Crippen MR) is 78.2 cm³/mol. The number of anilines is 1. The maximum Gasteiger partial charge on any atom is 0.257 e. The Balaban J connectivity index is 2.31. The van der Waals surface area contributed by atoms with Crippen LogP contribution in [0, 0.1) is 17.1 Å². The summed E-state index contributed by atoms with van der Waals surface area (Å²) >= 11 is 9.06. The van der Waals surface area contributed by atoms with Gasteiger partial charge in [0.25, 0.3) is 5.91 Å². The molecule has 20 heavy (non-hydrogen) atoms. The number of nitrogens with zero attached hydrogens (tertiary/aromatic N) is 1. The Morgan fingerprint density at radius 2 is 2.05 bits per heavy atom. The van der Waals surface area contributed by atoms with Crippen molar-refractivity contribution in [1.29, 1.82) is 5.26 Å². The smallest absolute Gasteiger partial charge is 0.257 e. The third kappa shape index (κ3) is 3.16. The monoisotopic (exact) mass is 352 g/mol. The highest BCUT2D eigenvalue weighted by molar-refractivity contribution is 9.10. The fourth-order valence-corrected chi connectivity index (χ4v) is 2.20. The quantitative estimate of drug-likeness (QED) is 0.872. The summed E-state index contributed by atoms with van der Waals surface area (Å²) in [7, 11) is 0. The van der Waals surface area contributed by atoms with Gasteiger partial charge in [-0.25, -0.2) is 4.39 Å². The second kappa shape index (κ2) is 6.04. The first-order valence-corrected chi connectivity index (χ1v) is 6.64. The number of carbonyl (C=O) groups excluding carboxylic acids is 1. The minimum absolute atomic E-state index is 0.0121. The molecule has 0 bridgehead atoms. The average Bonchev–Trinajstić information content (AvgIpc) is 2.40. The second-order valence-corrected chi connectivity index (χ2v) is 5.20. The van der Waals surface area contributed by atoms with Crippen molar-refractivity contribution < 1.29 is 9.18 Å². The van der Waals surface area contributed by atoms with Crippen LogP contribution in [-0.2, 0) is 0 Å². The highest BCUT2D eigenvalue weighted by Gasteiger charge is 2.13. The van der Waals surface area contributed by atoms with Crippen LogP contribution >= 0.6 is 27.5 Å². The number of halogens is 3. The van der Waals surface area contributed by atoms with Gasteiger partial charge in [0, 0.05) is 4.47 Å². The van der Waals surface area contributed by atoms with Crippen molar-refractivity contribution in [2.45, 2.75) is 0 Å². The Hall–Kier alpha value is -1.90. The van der Waals surface area contributed by atoms with Crippen LogP contribution in [0.15, 0.2) is 40.9 Å². The van der Waals surface area contributed by atoms with Crippen LogP contribution in [0.2, 0.25) is 5.02 Å². The molecular weight excluding hydrogens is 347 g/mol. The highest BCUT2D eigenvalue weighted by atomic mass is 79.9. The van der Waals surface area contributed by atoms with Crippen molar-refractivity contribution in [3.63, 3.8) is 0 Å². The molecule has 6 heteroatoms. The van der Waals surface area contributed by atoms with Crippen molar-refractivity contribution in [3.05, 3.63) is 62.8 Å². The number of nitrogens with one attached hydrogen (secondary N) is 1. The fourth-order valence-electron chi connectivity index (χ4n) is 1.58. The van der Waals surface area contributed by atoms with Gasteiger partial charge in [-0.2, -0.15) is 5.26 Å². The molecule has 0 unspecified atom stereocenters. The van der Waals surface area contributed by atoms with Crippen molar-refractivity contribution in [1.82, 2.24) is 0 Å². The van der Waals surface area contributed by atoms with Crippen molar-refractivity contribution >= 4 is 39.1 Å². The zero-order chi connectivity index (χ0) is 14.7. The van der Waals surface area contributed by atoms with E-state index in [4.69, 9.17) is 16.9 Å². The predicted octanol–water partition coefficient (Wildman–Crippen LogP) is 4.37.